The van der Waals surface area contributed by atoms with Gasteiger partial charge in [-0.3, -0.25) is 4.79 Å². The molecule has 0 radical (unpaired) electrons. The first-order valence-corrected chi connectivity index (χ1v) is 7.28. The molecule has 3 nitrogen and oxygen atoms in total. The number of hydrogen-bond donors (Lipinski definition) is 2. The van der Waals surface area contributed by atoms with Crippen molar-refractivity contribution in [1.29, 1.82) is 0 Å². The molecule has 1 fully saturated rings. The van der Waals surface area contributed by atoms with Crippen LogP contribution in [0.2, 0.25) is 0 Å². The van der Waals surface area contributed by atoms with E-state index in [1.807, 2.05) is 12.1 Å². The number of anilines is 1. The molecule has 0 saturated heterocycles. The quantitative estimate of drug-likeness (QED) is 0.853. The Morgan fingerprint density at radius 2 is 1.84 bits per heavy atom. The molecule has 1 aliphatic rings. The molecule has 1 saturated carbocycles. The minimum atomic E-state index is 0.0456. The van der Waals surface area contributed by atoms with Gasteiger partial charge in [-0.1, -0.05) is 38.8 Å². The second kappa shape index (κ2) is 6.71. The lowest BCUT2D eigenvalue weighted by Gasteiger charge is -2.12. The first kappa shape index (κ1) is 14.1. The van der Waals surface area contributed by atoms with Crippen LogP contribution in [-0.4, -0.2) is 18.5 Å². The number of amides is 1. The van der Waals surface area contributed by atoms with E-state index < -0.39 is 0 Å². The fourth-order valence-electron chi connectivity index (χ4n) is 2.52. The summed E-state index contributed by atoms with van der Waals surface area (Å²) in [5.41, 5.74) is 2.17. The van der Waals surface area contributed by atoms with Gasteiger partial charge in [0, 0.05) is 11.7 Å². The van der Waals surface area contributed by atoms with Gasteiger partial charge in [-0.25, -0.2) is 0 Å². The zero-order valence-corrected chi connectivity index (χ0v) is 11.9. The summed E-state index contributed by atoms with van der Waals surface area (Å²) in [5, 5.41) is 6.25. The number of benzene rings is 1. The van der Waals surface area contributed by atoms with Gasteiger partial charge in [0.15, 0.2) is 0 Å². The molecule has 0 atom stereocenters. The largest absolute Gasteiger partial charge is 0.325 e. The first-order valence-electron chi connectivity index (χ1n) is 7.28. The number of carbonyl (C=O) groups is 1. The van der Waals surface area contributed by atoms with E-state index in [-0.39, 0.29) is 5.91 Å². The minimum absolute atomic E-state index is 0.0456. The molecule has 2 rings (SSSR count). The van der Waals surface area contributed by atoms with E-state index in [9.17, 15) is 4.79 Å². The number of hydrogen-bond acceptors (Lipinski definition) is 2. The number of nitrogens with one attached hydrogen (secondary N) is 2. The third kappa shape index (κ3) is 4.35. The van der Waals surface area contributed by atoms with Crippen LogP contribution < -0.4 is 10.6 Å². The topological polar surface area (TPSA) is 41.1 Å². The van der Waals surface area contributed by atoms with Crippen LogP contribution in [0.5, 0.6) is 0 Å². The van der Waals surface area contributed by atoms with E-state index in [4.69, 9.17) is 0 Å². The zero-order chi connectivity index (χ0) is 13.7. The first-order chi connectivity index (χ1) is 9.15. The lowest BCUT2D eigenvalue weighted by Crippen LogP contribution is -2.34. The zero-order valence-electron chi connectivity index (χ0n) is 11.9. The average molecular weight is 260 g/mol. The van der Waals surface area contributed by atoms with Crippen molar-refractivity contribution in [2.75, 3.05) is 11.9 Å². The Hall–Kier alpha value is -1.35. The number of carbonyl (C=O) groups excluding carboxylic acids is 1. The highest BCUT2D eigenvalue weighted by atomic mass is 16.1. The Kier molecular flexibility index (Phi) is 4.97. The van der Waals surface area contributed by atoms with Gasteiger partial charge in [-0.2, -0.15) is 0 Å². The van der Waals surface area contributed by atoms with Gasteiger partial charge < -0.3 is 10.6 Å². The van der Waals surface area contributed by atoms with Crippen LogP contribution in [-0.2, 0) is 4.79 Å². The Morgan fingerprint density at radius 1 is 1.21 bits per heavy atom. The highest BCUT2D eigenvalue weighted by Crippen LogP contribution is 2.18. The van der Waals surface area contributed by atoms with Gasteiger partial charge in [-0.05, 0) is 36.5 Å². The maximum Gasteiger partial charge on any atom is 0.238 e. The second-order valence-electron chi connectivity index (χ2n) is 5.69. The third-order valence-electron chi connectivity index (χ3n) is 3.77. The van der Waals surface area contributed by atoms with Crippen molar-refractivity contribution in [1.82, 2.24) is 5.32 Å². The predicted molar refractivity (Wildman–Crippen MR) is 79.4 cm³/mol. The van der Waals surface area contributed by atoms with Crippen LogP contribution in [0, 0.1) is 0 Å². The summed E-state index contributed by atoms with van der Waals surface area (Å²) >= 11 is 0. The second-order valence-corrected chi connectivity index (χ2v) is 5.69. The van der Waals surface area contributed by atoms with E-state index in [1.165, 1.54) is 31.2 Å². The summed E-state index contributed by atoms with van der Waals surface area (Å²) < 4.78 is 0. The summed E-state index contributed by atoms with van der Waals surface area (Å²) in [6, 6.07) is 8.63. The normalized spacial score (nSPS) is 15.9. The molecule has 0 unspecified atom stereocenters. The van der Waals surface area contributed by atoms with Crippen LogP contribution >= 0.6 is 0 Å². The van der Waals surface area contributed by atoms with Crippen molar-refractivity contribution < 1.29 is 4.79 Å². The van der Waals surface area contributed by atoms with E-state index in [2.05, 4.69) is 36.6 Å². The molecule has 19 heavy (non-hydrogen) atoms. The lowest BCUT2D eigenvalue weighted by atomic mass is 10.0. The molecule has 0 spiro atoms. The van der Waals surface area contributed by atoms with E-state index in [1.54, 1.807) is 0 Å². The van der Waals surface area contributed by atoms with Crippen molar-refractivity contribution in [3.05, 3.63) is 29.8 Å². The van der Waals surface area contributed by atoms with Gasteiger partial charge >= 0.3 is 0 Å². The molecule has 0 heterocycles. The maximum absolute atomic E-state index is 11.8. The van der Waals surface area contributed by atoms with Crippen LogP contribution in [0.25, 0.3) is 0 Å². The Bertz CT molecular complexity index is 405. The van der Waals surface area contributed by atoms with Crippen molar-refractivity contribution >= 4 is 11.6 Å². The molecular weight excluding hydrogens is 236 g/mol. The standard InChI is InChI=1S/C16H24N2O/c1-12(2)13-7-9-15(10-8-13)18-16(19)11-17-14-5-3-4-6-14/h7-10,12,14,17H,3-6,11H2,1-2H3,(H,18,19). The molecular formula is C16H24N2O. The monoisotopic (exact) mass is 260 g/mol. The van der Waals surface area contributed by atoms with E-state index in [0.29, 0.717) is 18.5 Å². The third-order valence-corrected chi connectivity index (χ3v) is 3.77. The van der Waals surface area contributed by atoms with Gasteiger partial charge in [0.1, 0.15) is 0 Å². The molecule has 0 aromatic heterocycles. The van der Waals surface area contributed by atoms with Crippen LogP contribution in [0.15, 0.2) is 24.3 Å². The molecule has 1 aromatic carbocycles. The average Bonchev–Trinajstić information content (AvgIpc) is 2.90. The van der Waals surface area contributed by atoms with Crippen molar-refractivity contribution in [2.45, 2.75) is 51.5 Å². The van der Waals surface area contributed by atoms with Crippen LogP contribution in [0.1, 0.15) is 51.0 Å². The van der Waals surface area contributed by atoms with Crippen molar-refractivity contribution in [3.63, 3.8) is 0 Å². The highest BCUT2D eigenvalue weighted by Gasteiger charge is 2.15. The predicted octanol–water partition coefficient (Wildman–Crippen LogP) is 3.28. The van der Waals surface area contributed by atoms with Gasteiger partial charge in [-0.15, -0.1) is 0 Å². The van der Waals surface area contributed by atoms with E-state index in [0.717, 1.165) is 5.69 Å². The minimum Gasteiger partial charge on any atom is -0.325 e. The molecule has 0 bridgehead atoms. The SMILES string of the molecule is CC(C)c1ccc(NC(=O)CNC2CCCC2)cc1. The lowest BCUT2D eigenvalue weighted by molar-refractivity contribution is -0.115. The molecule has 0 aliphatic heterocycles. The fourth-order valence-corrected chi connectivity index (χ4v) is 2.52. The van der Waals surface area contributed by atoms with Gasteiger partial charge in [0.05, 0.1) is 6.54 Å². The Morgan fingerprint density at radius 3 is 2.42 bits per heavy atom. The molecule has 1 aliphatic carbocycles. The summed E-state index contributed by atoms with van der Waals surface area (Å²) in [4.78, 5) is 11.8. The van der Waals surface area contributed by atoms with Crippen molar-refractivity contribution in [2.24, 2.45) is 0 Å². The number of rotatable bonds is 5. The fraction of sp³-hybridized carbons (Fsp3) is 0.562. The van der Waals surface area contributed by atoms with Crippen LogP contribution in [0.4, 0.5) is 5.69 Å². The van der Waals surface area contributed by atoms with Crippen molar-refractivity contribution in [3.8, 4) is 0 Å². The van der Waals surface area contributed by atoms with Gasteiger partial charge in [0.25, 0.3) is 0 Å². The Labute approximate surface area is 115 Å². The molecule has 1 amide bonds. The smallest absolute Gasteiger partial charge is 0.238 e. The van der Waals surface area contributed by atoms with Gasteiger partial charge in [0.2, 0.25) is 5.91 Å². The highest BCUT2D eigenvalue weighted by molar-refractivity contribution is 5.92. The molecule has 104 valence electrons. The van der Waals surface area contributed by atoms with Crippen LogP contribution in [0.3, 0.4) is 0 Å². The molecule has 3 heteroatoms. The summed E-state index contributed by atoms with van der Waals surface area (Å²) in [6.07, 6.45) is 4.98. The molecule has 1 aromatic rings. The maximum atomic E-state index is 11.8. The Balaban J connectivity index is 1.77. The summed E-state index contributed by atoms with van der Waals surface area (Å²) in [5.74, 6) is 0.568. The van der Waals surface area contributed by atoms with E-state index >= 15 is 0 Å². The summed E-state index contributed by atoms with van der Waals surface area (Å²) in [6.45, 7) is 4.74. The molecule has 2 N–H and O–H groups in total. The summed E-state index contributed by atoms with van der Waals surface area (Å²) in [7, 11) is 0.